The minimum atomic E-state index is -0.719. The summed E-state index contributed by atoms with van der Waals surface area (Å²) in [5, 5.41) is 9.53. The molecule has 0 aliphatic rings. The molecule has 0 saturated carbocycles. The van der Waals surface area contributed by atoms with Gasteiger partial charge in [0.1, 0.15) is 12.0 Å². The summed E-state index contributed by atoms with van der Waals surface area (Å²) in [6.45, 7) is 3.58. The summed E-state index contributed by atoms with van der Waals surface area (Å²) < 4.78 is 5.09. The second-order valence-electron chi connectivity index (χ2n) is 4.44. The SMILES string of the molecule is CCCC[C@@](C#N)(COC(C)=O)c1ccccc1. The van der Waals surface area contributed by atoms with Gasteiger partial charge in [-0.2, -0.15) is 5.26 Å². The molecule has 0 heterocycles. The zero-order chi connectivity index (χ0) is 13.4. The fourth-order valence-electron chi connectivity index (χ4n) is 1.91. The van der Waals surface area contributed by atoms with Crippen molar-refractivity contribution in [3.05, 3.63) is 35.9 Å². The van der Waals surface area contributed by atoms with Gasteiger partial charge in [-0.15, -0.1) is 0 Å². The predicted octanol–water partition coefficient (Wildman–Crippen LogP) is 3.20. The molecule has 3 heteroatoms. The van der Waals surface area contributed by atoms with E-state index in [0.717, 1.165) is 18.4 Å². The lowest BCUT2D eigenvalue weighted by atomic mass is 9.78. The molecule has 3 nitrogen and oxygen atoms in total. The Balaban J connectivity index is 2.98. The summed E-state index contributed by atoms with van der Waals surface area (Å²) in [6.07, 6.45) is 2.65. The van der Waals surface area contributed by atoms with Crippen LogP contribution >= 0.6 is 0 Å². The van der Waals surface area contributed by atoms with Crippen molar-refractivity contribution in [3.8, 4) is 6.07 Å². The lowest BCUT2D eigenvalue weighted by Gasteiger charge is -2.26. The Morgan fingerprint density at radius 3 is 2.56 bits per heavy atom. The topological polar surface area (TPSA) is 50.1 Å². The Hall–Kier alpha value is -1.82. The van der Waals surface area contributed by atoms with Crippen LogP contribution in [-0.2, 0) is 14.9 Å². The molecule has 0 unspecified atom stereocenters. The number of ether oxygens (including phenoxy) is 1. The van der Waals surface area contributed by atoms with Gasteiger partial charge in [0.05, 0.1) is 6.07 Å². The van der Waals surface area contributed by atoms with E-state index in [1.807, 2.05) is 30.3 Å². The van der Waals surface area contributed by atoms with Gasteiger partial charge in [0, 0.05) is 6.92 Å². The van der Waals surface area contributed by atoms with Gasteiger partial charge in [0.25, 0.3) is 0 Å². The molecular formula is C15H19NO2. The van der Waals surface area contributed by atoms with Crippen LogP contribution in [0.2, 0.25) is 0 Å². The molecular weight excluding hydrogens is 226 g/mol. The number of hydrogen-bond donors (Lipinski definition) is 0. The van der Waals surface area contributed by atoms with Gasteiger partial charge in [-0.25, -0.2) is 0 Å². The molecule has 1 rings (SSSR count). The van der Waals surface area contributed by atoms with Crippen LogP contribution in [0.3, 0.4) is 0 Å². The second kappa shape index (κ2) is 6.80. The quantitative estimate of drug-likeness (QED) is 0.723. The van der Waals surface area contributed by atoms with Gasteiger partial charge in [0.15, 0.2) is 0 Å². The molecule has 1 aromatic carbocycles. The van der Waals surface area contributed by atoms with Crippen molar-refractivity contribution in [2.45, 2.75) is 38.5 Å². The first-order valence-electron chi connectivity index (χ1n) is 6.25. The standard InChI is InChI=1S/C15H19NO2/c1-3-4-10-15(11-16,12-18-13(2)17)14-8-6-5-7-9-14/h5-9H,3-4,10,12H2,1-2H3/t15-/m1/s1. The summed E-state index contributed by atoms with van der Waals surface area (Å²) in [6, 6.07) is 11.9. The van der Waals surface area contributed by atoms with Crippen LogP contribution in [0.15, 0.2) is 30.3 Å². The number of benzene rings is 1. The normalized spacial score (nSPS) is 13.4. The highest BCUT2D eigenvalue weighted by atomic mass is 16.5. The molecule has 0 radical (unpaired) electrons. The molecule has 96 valence electrons. The lowest BCUT2D eigenvalue weighted by Crippen LogP contribution is -2.31. The molecule has 0 spiro atoms. The van der Waals surface area contributed by atoms with E-state index in [0.29, 0.717) is 6.42 Å². The van der Waals surface area contributed by atoms with E-state index in [2.05, 4.69) is 13.0 Å². The molecule has 0 amide bonds. The van der Waals surface area contributed by atoms with Gasteiger partial charge < -0.3 is 4.74 Å². The molecule has 0 aromatic heterocycles. The minimum absolute atomic E-state index is 0.128. The largest absolute Gasteiger partial charge is 0.464 e. The summed E-state index contributed by atoms with van der Waals surface area (Å²) in [5.41, 5.74) is 0.199. The third-order valence-electron chi connectivity index (χ3n) is 3.02. The van der Waals surface area contributed by atoms with Crippen molar-refractivity contribution in [2.24, 2.45) is 0 Å². The lowest BCUT2D eigenvalue weighted by molar-refractivity contribution is -0.142. The van der Waals surface area contributed by atoms with E-state index in [-0.39, 0.29) is 12.6 Å². The Morgan fingerprint density at radius 1 is 1.39 bits per heavy atom. The molecule has 0 bridgehead atoms. The van der Waals surface area contributed by atoms with Crippen LogP contribution in [0.25, 0.3) is 0 Å². The predicted molar refractivity (Wildman–Crippen MR) is 69.9 cm³/mol. The minimum Gasteiger partial charge on any atom is -0.464 e. The fraction of sp³-hybridized carbons (Fsp3) is 0.467. The van der Waals surface area contributed by atoms with Crippen LogP contribution in [0, 0.1) is 11.3 Å². The number of esters is 1. The van der Waals surface area contributed by atoms with Crippen LogP contribution in [-0.4, -0.2) is 12.6 Å². The van der Waals surface area contributed by atoms with Crippen molar-refractivity contribution in [1.29, 1.82) is 5.26 Å². The van der Waals surface area contributed by atoms with Gasteiger partial charge in [-0.1, -0.05) is 50.1 Å². The molecule has 18 heavy (non-hydrogen) atoms. The first-order valence-corrected chi connectivity index (χ1v) is 6.25. The molecule has 1 atom stereocenters. The van der Waals surface area contributed by atoms with Crippen LogP contribution < -0.4 is 0 Å². The third-order valence-corrected chi connectivity index (χ3v) is 3.02. The number of nitriles is 1. The Kier molecular flexibility index (Phi) is 5.38. The summed E-state index contributed by atoms with van der Waals surface area (Å²) in [4.78, 5) is 11.0. The van der Waals surface area contributed by atoms with E-state index in [4.69, 9.17) is 4.74 Å². The number of hydrogen-bond acceptors (Lipinski definition) is 3. The Morgan fingerprint density at radius 2 is 2.06 bits per heavy atom. The summed E-state index contributed by atoms with van der Waals surface area (Å²) in [5.74, 6) is -0.345. The highest BCUT2D eigenvalue weighted by molar-refractivity contribution is 5.66. The van der Waals surface area contributed by atoms with Crippen molar-refractivity contribution in [1.82, 2.24) is 0 Å². The first kappa shape index (κ1) is 14.2. The van der Waals surface area contributed by atoms with E-state index in [1.54, 1.807) is 0 Å². The zero-order valence-corrected chi connectivity index (χ0v) is 11.0. The van der Waals surface area contributed by atoms with Crippen molar-refractivity contribution in [3.63, 3.8) is 0 Å². The second-order valence-corrected chi connectivity index (χ2v) is 4.44. The highest BCUT2D eigenvalue weighted by Crippen LogP contribution is 2.30. The zero-order valence-electron chi connectivity index (χ0n) is 11.0. The maximum atomic E-state index is 11.0. The smallest absolute Gasteiger partial charge is 0.302 e. The van der Waals surface area contributed by atoms with E-state index in [1.165, 1.54) is 6.92 Å². The van der Waals surface area contributed by atoms with Crippen LogP contribution in [0.4, 0.5) is 0 Å². The van der Waals surface area contributed by atoms with Crippen molar-refractivity contribution in [2.75, 3.05) is 6.61 Å². The third kappa shape index (κ3) is 3.59. The Bertz CT molecular complexity index is 422. The first-order chi connectivity index (χ1) is 8.64. The van der Waals surface area contributed by atoms with E-state index in [9.17, 15) is 10.1 Å². The number of carbonyl (C=O) groups excluding carboxylic acids is 1. The number of nitrogens with zero attached hydrogens (tertiary/aromatic N) is 1. The van der Waals surface area contributed by atoms with Gasteiger partial charge in [-0.05, 0) is 12.0 Å². The molecule has 0 fully saturated rings. The average molecular weight is 245 g/mol. The van der Waals surface area contributed by atoms with Crippen LogP contribution in [0.5, 0.6) is 0 Å². The molecule has 1 aromatic rings. The van der Waals surface area contributed by atoms with Gasteiger partial charge >= 0.3 is 5.97 Å². The highest BCUT2D eigenvalue weighted by Gasteiger charge is 2.33. The molecule has 0 N–H and O–H groups in total. The maximum absolute atomic E-state index is 11.0. The van der Waals surface area contributed by atoms with Gasteiger partial charge in [-0.3, -0.25) is 4.79 Å². The number of unbranched alkanes of at least 4 members (excludes halogenated alkanes) is 1. The average Bonchev–Trinajstić information content (AvgIpc) is 2.40. The summed E-state index contributed by atoms with van der Waals surface area (Å²) in [7, 11) is 0. The summed E-state index contributed by atoms with van der Waals surface area (Å²) >= 11 is 0. The fourth-order valence-corrected chi connectivity index (χ4v) is 1.91. The van der Waals surface area contributed by atoms with Crippen LogP contribution in [0.1, 0.15) is 38.7 Å². The van der Waals surface area contributed by atoms with E-state index < -0.39 is 5.41 Å². The molecule has 0 aliphatic carbocycles. The van der Waals surface area contributed by atoms with E-state index >= 15 is 0 Å². The van der Waals surface area contributed by atoms with Crippen molar-refractivity contribution < 1.29 is 9.53 Å². The number of rotatable bonds is 6. The molecule has 0 saturated heterocycles. The Labute approximate surface area is 108 Å². The number of carbonyl (C=O) groups is 1. The van der Waals surface area contributed by atoms with Crippen molar-refractivity contribution >= 4 is 5.97 Å². The monoisotopic (exact) mass is 245 g/mol. The molecule has 0 aliphatic heterocycles. The van der Waals surface area contributed by atoms with Gasteiger partial charge in [0.2, 0.25) is 0 Å². The maximum Gasteiger partial charge on any atom is 0.302 e.